The summed E-state index contributed by atoms with van der Waals surface area (Å²) < 4.78 is 0. The van der Waals surface area contributed by atoms with Crippen LogP contribution in [0.2, 0.25) is 0 Å². The van der Waals surface area contributed by atoms with Gasteiger partial charge in [-0.2, -0.15) is 0 Å². The van der Waals surface area contributed by atoms with Crippen LogP contribution in [0.15, 0.2) is 54.6 Å². The lowest BCUT2D eigenvalue weighted by molar-refractivity contribution is -0.145. The van der Waals surface area contributed by atoms with E-state index in [2.05, 4.69) is 46.4 Å². The molecule has 2 fully saturated rings. The Morgan fingerprint density at radius 3 is 2.31 bits per heavy atom. The van der Waals surface area contributed by atoms with Crippen molar-refractivity contribution in [2.45, 2.75) is 32.2 Å². The monoisotopic (exact) mass is 477 g/mol. The van der Waals surface area contributed by atoms with Crippen molar-refractivity contribution >= 4 is 29.1 Å². The van der Waals surface area contributed by atoms with Gasteiger partial charge in [0.15, 0.2) is 0 Å². The van der Waals surface area contributed by atoms with E-state index in [0.29, 0.717) is 24.7 Å². The molecule has 0 radical (unpaired) electrons. The molecule has 2 aromatic rings. The molecule has 186 valence electrons. The minimum absolute atomic E-state index is 0.0642. The molecule has 2 aromatic carbocycles. The van der Waals surface area contributed by atoms with E-state index in [1.165, 1.54) is 11.3 Å². The zero-order valence-electron chi connectivity index (χ0n) is 20.6. The summed E-state index contributed by atoms with van der Waals surface area (Å²) in [5, 5.41) is 5.66. The Morgan fingerprint density at radius 2 is 1.66 bits per heavy atom. The molecule has 2 N–H and O–H groups in total. The van der Waals surface area contributed by atoms with Crippen LogP contribution in [-0.4, -0.2) is 79.4 Å². The maximum atomic E-state index is 13.2. The van der Waals surface area contributed by atoms with E-state index in [4.69, 9.17) is 0 Å². The van der Waals surface area contributed by atoms with E-state index < -0.39 is 6.04 Å². The van der Waals surface area contributed by atoms with E-state index in [1.54, 1.807) is 4.90 Å². The van der Waals surface area contributed by atoms with Crippen LogP contribution < -0.4 is 15.5 Å². The SMILES string of the molecule is CC(C)c1ccc(NC(=O)CC2C(=O)NCCN2C(=O)CN2CCN(c3ccccc3)CC2)cc1. The fourth-order valence-corrected chi connectivity index (χ4v) is 4.64. The first kappa shape index (κ1) is 24.7. The molecule has 0 aliphatic carbocycles. The Hall–Kier alpha value is -3.39. The lowest BCUT2D eigenvalue weighted by Crippen LogP contribution is -2.60. The second-order valence-electron chi connectivity index (χ2n) is 9.52. The number of nitrogens with one attached hydrogen (secondary N) is 2. The smallest absolute Gasteiger partial charge is 0.243 e. The van der Waals surface area contributed by atoms with Crippen molar-refractivity contribution in [1.82, 2.24) is 15.1 Å². The molecule has 3 amide bonds. The molecule has 1 unspecified atom stereocenters. The average molecular weight is 478 g/mol. The van der Waals surface area contributed by atoms with Gasteiger partial charge >= 0.3 is 0 Å². The Kier molecular flexibility index (Phi) is 8.02. The standard InChI is InChI=1S/C27H35N5O3/c1-20(2)21-8-10-22(11-9-21)29-25(33)18-24-27(35)28-12-13-32(24)26(34)19-30-14-16-31(17-15-30)23-6-4-3-5-7-23/h3-11,20,24H,12-19H2,1-2H3,(H,28,35)(H,29,33). The van der Waals surface area contributed by atoms with Crippen LogP contribution in [0.5, 0.6) is 0 Å². The molecule has 4 rings (SSSR count). The Labute approximate surface area is 207 Å². The van der Waals surface area contributed by atoms with Crippen LogP contribution in [-0.2, 0) is 14.4 Å². The molecule has 2 aliphatic heterocycles. The highest BCUT2D eigenvalue weighted by Gasteiger charge is 2.35. The second-order valence-corrected chi connectivity index (χ2v) is 9.52. The maximum absolute atomic E-state index is 13.2. The molecule has 0 saturated carbocycles. The summed E-state index contributed by atoms with van der Waals surface area (Å²) in [6.07, 6.45) is -0.0642. The normalized spacial score (nSPS) is 18.9. The van der Waals surface area contributed by atoms with Gasteiger partial charge in [0, 0.05) is 50.6 Å². The van der Waals surface area contributed by atoms with Gasteiger partial charge in [-0.1, -0.05) is 44.2 Å². The zero-order chi connectivity index (χ0) is 24.8. The third-order valence-electron chi connectivity index (χ3n) is 6.74. The van der Waals surface area contributed by atoms with E-state index in [1.807, 2.05) is 42.5 Å². The third-order valence-corrected chi connectivity index (χ3v) is 6.74. The van der Waals surface area contributed by atoms with Crippen LogP contribution in [0.3, 0.4) is 0 Å². The maximum Gasteiger partial charge on any atom is 0.243 e. The van der Waals surface area contributed by atoms with Gasteiger partial charge in [-0.25, -0.2) is 0 Å². The van der Waals surface area contributed by atoms with Crippen LogP contribution in [0.4, 0.5) is 11.4 Å². The lowest BCUT2D eigenvalue weighted by atomic mass is 10.0. The van der Waals surface area contributed by atoms with Crippen molar-refractivity contribution in [1.29, 1.82) is 0 Å². The number of rotatable bonds is 7. The molecule has 8 nitrogen and oxygen atoms in total. The molecule has 1 atom stereocenters. The minimum atomic E-state index is -0.795. The molecule has 2 heterocycles. The molecule has 2 aliphatic rings. The first-order valence-electron chi connectivity index (χ1n) is 12.4. The van der Waals surface area contributed by atoms with Crippen molar-refractivity contribution < 1.29 is 14.4 Å². The fourth-order valence-electron chi connectivity index (χ4n) is 4.64. The van der Waals surface area contributed by atoms with Gasteiger partial charge < -0.3 is 20.4 Å². The van der Waals surface area contributed by atoms with E-state index in [-0.39, 0.29) is 30.7 Å². The number of hydrogen-bond donors (Lipinski definition) is 2. The van der Waals surface area contributed by atoms with Crippen molar-refractivity contribution in [3.63, 3.8) is 0 Å². The van der Waals surface area contributed by atoms with Gasteiger partial charge in [0.05, 0.1) is 13.0 Å². The van der Waals surface area contributed by atoms with Crippen molar-refractivity contribution in [3.8, 4) is 0 Å². The van der Waals surface area contributed by atoms with Gasteiger partial charge in [-0.15, -0.1) is 0 Å². The molecular weight excluding hydrogens is 442 g/mol. The van der Waals surface area contributed by atoms with E-state index >= 15 is 0 Å². The van der Waals surface area contributed by atoms with Crippen molar-refractivity contribution in [2.24, 2.45) is 0 Å². The van der Waals surface area contributed by atoms with Crippen LogP contribution in [0.1, 0.15) is 31.7 Å². The highest BCUT2D eigenvalue weighted by molar-refractivity contribution is 5.97. The highest BCUT2D eigenvalue weighted by Crippen LogP contribution is 2.19. The van der Waals surface area contributed by atoms with Gasteiger partial charge in [0.1, 0.15) is 6.04 Å². The topological polar surface area (TPSA) is 85.0 Å². The average Bonchev–Trinajstić information content (AvgIpc) is 2.86. The molecular formula is C27H35N5O3. The molecule has 35 heavy (non-hydrogen) atoms. The predicted octanol–water partition coefficient (Wildman–Crippen LogP) is 2.29. The van der Waals surface area contributed by atoms with Gasteiger partial charge in [0.2, 0.25) is 17.7 Å². The summed E-state index contributed by atoms with van der Waals surface area (Å²) in [4.78, 5) is 44.5. The molecule has 0 aromatic heterocycles. The Morgan fingerprint density at radius 1 is 0.971 bits per heavy atom. The Bertz CT molecular complexity index is 1020. The number of piperazine rings is 2. The number of anilines is 2. The zero-order valence-corrected chi connectivity index (χ0v) is 20.6. The first-order chi connectivity index (χ1) is 16.9. The number of nitrogens with zero attached hydrogens (tertiary/aromatic N) is 3. The summed E-state index contributed by atoms with van der Waals surface area (Å²) in [5.74, 6) is -0.249. The number of amides is 3. The van der Waals surface area contributed by atoms with Gasteiger partial charge in [0.25, 0.3) is 0 Å². The molecule has 2 saturated heterocycles. The van der Waals surface area contributed by atoms with Crippen molar-refractivity contribution in [2.75, 3.05) is 56.0 Å². The minimum Gasteiger partial charge on any atom is -0.369 e. The van der Waals surface area contributed by atoms with E-state index in [0.717, 1.165) is 26.2 Å². The summed E-state index contributed by atoms with van der Waals surface area (Å²) in [6.45, 7) is 8.55. The predicted molar refractivity (Wildman–Crippen MR) is 137 cm³/mol. The van der Waals surface area contributed by atoms with E-state index in [9.17, 15) is 14.4 Å². The van der Waals surface area contributed by atoms with Gasteiger partial charge in [-0.3, -0.25) is 19.3 Å². The molecule has 0 bridgehead atoms. The quantitative estimate of drug-likeness (QED) is 0.639. The first-order valence-corrected chi connectivity index (χ1v) is 12.4. The molecule has 8 heteroatoms. The van der Waals surface area contributed by atoms with Crippen LogP contribution >= 0.6 is 0 Å². The number of hydrogen-bond acceptors (Lipinski definition) is 5. The number of benzene rings is 2. The summed E-state index contributed by atoms with van der Waals surface area (Å²) in [7, 11) is 0. The summed E-state index contributed by atoms with van der Waals surface area (Å²) in [6, 6.07) is 17.2. The highest BCUT2D eigenvalue weighted by atomic mass is 16.2. The number of carbonyl (C=O) groups is 3. The third kappa shape index (κ3) is 6.39. The Balaban J connectivity index is 1.31. The van der Waals surface area contributed by atoms with Gasteiger partial charge in [-0.05, 0) is 35.7 Å². The van der Waals surface area contributed by atoms with Crippen LogP contribution in [0, 0.1) is 0 Å². The fraction of sp³-hybridized carbons (Fsp3) is 0.444. The van der Waals surface area contributed by atoms with Crippen LogP contribution in [0.25, 0.3) is 0 Å². The van der Waals surface area contributed by atoms with Crippen molar-refractivity contribution in [3.05, 3.63) is 60.2 Å². The largest absolute Gasteiger partial charge is 0.369 e. The number of carbonyl (C=O) groups excluding carboxylic acids is 3. The molecule has 0 spiro atoms. The summed E-state index contributed by atoms with van der Waals surface area (Å²) >= 11 is 0. The number of para-hydroxylation sites is 1. The summed E-state index contributed by atoms with van der Waals surface area (Å²) in [5.41, 5.74) is 3.07. The lowest BCUT2D eigenvalue weighted by Gasteiger charge is -2.39. The second kappa shape index (κ2) is 11.4.